The lowest BCUT2D eigenvalue weighted by atomic mass is 9.88. The third kappa shape index (κ3) is 4.69. The van der Waals surface area contributed by atoms with E-state index >= 15 is 4.39 Å². The minimum Gasteiger partial charge on any atom is -0.472 e. The lowest BCUT2D eigenvalue weighted by Crippen LogP contribution is -2.50. The molecule has 184 valence electrons. The standard InChI is InChI=1S/C21H25FN10O3/c1-30-11-15(28-29-30)19(33)31(2)13-7-14(8-13)35-18-16(22)17(12-9-24-20(23)25-10-12)26-21(27-18)32-3-5-34-6-4-32/h9-11,13-14H,3-8H2,1-2H3,(H2,23,24,25). The van der Waals surface area contributed by atoms with E-state index in [2.05, 4.69) is 30.2 Å². The average molecular weight is 484 g/mol. The lowest BCUT2D eigenvalue weighted by Gasteiger charge is -2.40. The molecule has 0 radical (unpaired) electrons. The molecule has 5 rings (SSSR count). The summed E-state index contributed by atoms with van der Waals surface area (Å²) in [6, 6.07) is -0.0666. The fourth-order valence-electron chi connectivity index (χ4n) is 3.95. The van der Waals surface area contributed by atoms with Gasteiger partial charge in [-0.1, -0.05) is 5.21 Å². The summed E-state index contributed by atoms with van der Waals surface area (Å²) >= 11 is 0. The summed E-state index contributed by atoms with van der Waals surface area (Å²) in [6.45, 7) is 2.19. The molecule has 1 saturated heterocycles. The van der Waals surface area contributed by atoms with Crippen LogP contribution in [0.15, 0.2) is 18.6 Å². The van der Waals surface area contributed by atoms with E-state index in [-0.39, 0.29) is 41.3 Å². The number of rotatable bonds is 6. The molecule has 0 atom stereocenters. The maximum Gasteiger partial charge on any atom is 0.276 e. The molecule has 2 aliphatic rings. The highest BCUT2D eigenvalue weighted by molar-refractivity contribution is 5.92. The van der Waals surface area contributed by atoms with Crippen molar-refractivity contribution in [2.24, 2.45) is 7.05 Å². The number of aromatic nitrogens is 7. The first kappa shape index (κ1) is 22.8. The minimum atomic E-state index is -0.706. The van der Waals surface area contributed by atoms with Crippen LogP contribution >= 0.6 is 0 Å². The maximum atomic E-state index is 15.5. The molecule has 0 bridgehead atoms. The summed E-state index contributed by atoms with van der Waals surface area (Å²) in [5.41, 5.74) is 6.24. The molecule has 3 aromatic rings. The number of halogens is 1. The zero-order valence-corrected chi connectivity index (χ0v) is 19.3. The Morgan fingerprint density at radius 2 is 1.94 bits per heavy atom. The highest BCUT2D eigenvalue weighted by atomic mass is 19.1. The van der Waals surface area contributed by atoms with E-state index in [9.17, 15) is 4.79 Å². The molecule has 0 aromatic carbocycles. The van der Waals surface area contributed by atoms with Crippen LogP contribution in [0, 0.1) is 5.82 Å². The van der Waals surface area contributed by atoms with Gasteiger partial charge >= 0.3 is 0 Å². The van der Waals surface area contributed by atoms with Crippen LogP contribution in [0.1, 0.15) is 23.3 Å². The molecule has 35 heavy (non-hydrogen) atoms. The lowest BCUT2D eigenvalue weighted by molar-refractivity contribution is 0.0215. The van der Waals surface area contributed by atoms with Crippen molar-refractivity contribution in [2.75, 3.05) is 44.0 Å². The van der Waals surface area contributed by atoms with Crippen LogP contribution in [0.25, 0.3) is 11.3 Å². The van der Waals surface area contributed by atoms with Gasteiger partial charge < -0.3 is 25.0 Å². The van der Waals surface area contributed by atoms with Crippen molar-refractivity contribution in [1.29, 1.82) is 0 Å². The quantitative estimate of drug-likeness (QED) is 0.514. The van der Waals surface area contributed by atoms with Gasteiger partial charge in [-0.3, -0.25) is 9.48 Å². The Bertz CT molecular complexity index is 1210. The van der Waals surface area contributed by atoms with Crippen molar-refractivity contribution < 1.29 is 18.7 Å². The van der Waals surface area contributed by atoms with Gasteiger partial charge in [-0.25, -0.2) is 15.0 Å². The van der Waals surface area contributed by atoms with Crippen molar-refractivity contribution in [1.82, 2.24) is 39.8 Å². The van der Waals surface area contributed by atoms with Gasteiger partial charge in [0, 0.05) is 64.0 Å². The van der Waals surface area contributed by atoms with E-state index in [4.69, 9.17) is 15.2 Å². The van der Waals surface area contributed by atoms with Crippen molar-refractivity contribution in [2.45, 2.75) is 25.0 Å². The van der Waals surface area contributed by atoms with Crippen LogP contribution in [0.3, 0.4) is 0 Å². The van der Waals surface area contributed by atoms with Gasteiger partial charge in [-0.15, -0.1) is 5.10 Å². The first-order chi connectivity index (χ1) is 16.9. The van der Waals surface area contributed by atoms with E-state index in [0.717, 1.165) is 0 Å². The molecule has 1 saturated carbocycles. The molecule has 14 heteroatoms. The number of nitrogen functional groups attached to an aromatic ring is 1. The van der Waals surface area contributed by atoms with E-state index in [1.807, 2.05) is 4.90 Å². The molecule has 4 heterocycles. The van der Waals surface area contributed by atoms with Crippen LogP contribution in [0.2, 0.25) is 0 Å². The average Bonchev–Trinajstić information content (AvgIpc) is 3.28. The fourth-order valence-corrected chi connectivity index (χ4v) is 3.95. The van der Waals surface area contributed by atoms with E-state index in [1.165, 1.54) is 17.1 Å². The highest BCUT2D eigenvalue weighted by Crippen LogP contribution is 2.34. The second-order valence-corrected chi connectivity index (χ2v) is 8.48. The second-order valence-electron chi connectivity index (χ2n) is 8.48. The van der Waals surface area contributed by atoms with Crippen molar-refractivity contribution >= 4 is 17.8 Å². The number of nitrogens with two attached hydrogens (primary N) is 1. The summed E-state index contributed by atoms with van der Waals surface area (Å²) < 4.78 is 28.3. The van der Waals surface area contributed by atoms with Crippen molar-refractivity contribution in [3.63, 3.8) is 0 Å². The summed E-state index contributed by atoms with van der Waals surface area (Å²) in [4.78, 5) is 32.8. The minimum absolute atomic E-state index is 0.0299. The zero-order chi connectivity index (χ0) is 24.5. The number of nitrogens with zero attached hydrogens (tertiary/aromatic N) is 9. The Hall–Kier alpha value is -3.94. The van der Waals surface area contributed by atoms with Crippen LogP contribution in [0.4, 0.5) is 16.3 Å². The molecular weight excluding hydrogens is 459 g/mol. The topological polar surface area (TPSA) is 150 Å². The third-order valence-corrected chi connectivity index (χ3v) is 6.09. The van der Waals surface area contributed by atoms with Crippen LogP contribution in [-0.4, -0.2) is 91.2 Å². The van der Waals surface area contributed by atoms with Crippen molar-refractivity contribution in [3.8, 4) is 17.1 Å². The van der Waals surface area contributed by atoms with Gasteiger partial charge in [0.15, 0.2) is 5.69 Å². The van der Waals surface area contributed by atoms with E-state index in [1.54, 1.807) is 25.2 Å². The number of aryl methyl sites for hydroxylation is 1. The van der Waals surface area contributed by atoms with Gasteiger partial charge in [-0.05, 0) is 0 Å². The molecule has 1 aliphatic heterocycles. The SMILES string of the molecule is CN(C(=O)c1cn(C)nn1)C1CC(Oc2nc(N3CCOCC3)nc(-c3cnc(N)nc3)c2F)C1. The fraction of sp³-hybridized carbons (Fsp3) is 0.476. The molecular formula is C21H25FN10O3. The molecule has 1 amide bonds. The van der Waals surface area contributed by atoms with Crippen molar-refractivity contribution in [3.05, 3.63) is 30.1 Å². The van der Waals surface area contributed by atoms with Crippen LogP contribution in [0.5, 0.6) is 5.88 Å². The Kier molecular flexibility index (Phi) is 6.11. The van der Waals surface area contributed by atoms with E-state index in [0.29, 0.717) is 50.7 Å². The molecule has 1 aliphatic carbocycles. The number of ether oxygens (including phenoxy) is 2. The predicted molar refractivity (Wildman–Crippen MR) is 121 cm³/mol. The summed E-state index contributed by atoms with van der Waals surface area (Å²) in [5, 5.41) is 7.67. The molecule has 13 nitrogen and oxygen atoms in total. The first-order valence-electron chi connectivity index (χ1n) is 11.2. The second kappa shape index (κ2) is 9.37. The van der Waals surface area contributed by atoms with Crippen LogP contribution < -0.4 is 15.4 Å². The van der Waals surface area contributed by atoms with Gasteiger partial charge in [0.2, 0.25) is 17.7 Å². The highest BCUT2D eigenvalue weighted by Gasteiger charge is 2.38. The number of amides is 1. The smallest absolute Gasteiger partial charge is 0.276 e. The number of morpholine rings is 1. The summed E-state index contributed by atoms with van der Waals surface area (Å²) in [7, 11) is 3.40. The monoisotopic (exact) mass is 484 g/mol. The molecule has 2 N–H and O–H groups in total. The van der Waals surface area contributed by atoms with Gasteiger partial charge in [0.1, 0.15) is 11.8 Å². The Labute approximate surface area is 200 Å². The summed E-state index contributed by atoms with van der Waals surface area (Å²) in [6.07, 6.45) is 5.13. The number of hydrogen-bond donors (Lipinski definition) is 1. The van der Waals surface area contributed by atoms with Crippen LogP contribution in [-0.2, 0) is 11.8 Å². The van der Waals surface area contributed by atoms with Gasteiger partial charge in [-0.2, -0.15) is 9.37 Å². The first-order valence-corrected chi connectivity index (χ1v) is 11.2. The molecule has 0 unspecified atom stereocenters. The number of anilines is 2. The van der Waals surface area contributed by atoms with Gasteiger partial charge in [0.05, 0.1) is 19.4 Å². The van der Waals surface area contributed by atoms with E-state index < -0.39 is 5.82 Å². The number of carbonyl (C=O) groups excluding carboxylic acids is 1. The Morgan fingerprint density at radius 1 is 1.23 bits per heavy atom. The largest absolute Gasteiger partial charge is 0.472 e. The number of hydrogen-bond acceptors (Lipinski definition) is 11. The Morgan fingerprint density at radius 3 is 2.60 bits per heavy atom. The summed E-state index contributed by atoms with van der Waals surface area (Å²) in [5.74, 6) is -0.673. The predicted octanol–water partition coefficient (Wildman–Crippen LogP) is 0.302. The maximum absolute atomic E-state index is 15.5. The third-order valence-electron chi connectivity index (χ3n) is 6.09. The van der Waals surface area contributed by atoms with Gasteiger partial charge in [0.25, 0.3) is 11.8 Å². The molecule has 2 fully saturated rings. The number of carbonyl (C=O) groups is 1. The molecule has 0 spiro atoms. The molecule has 3 aromatic heterocycles. The normalized spacial score (nSPS) is 19.8. The Balaban J connectivity index is 1.34. The zero-order valence-electron chi connectivity index (χ0n) is 19.3.